The Hall–Kier alpha value is -3.65. The summed E-state index contributed by atoms with van der Waals surface area (Å²) in [6.07, 6.45) is 0. The van der Waals surface area contributed by atoms with Crippen molar-refractivity contribution >= 4 is 17.5 Å². The van der Waals surface area contributed by atoms with Crippen molar-refractivity contribution in [1.29, 1.82) is 0 Å². The van der Waals surface area contributed by atoms with E-state index in [-0.39, 0.29) is 5.82 Å². The Morgan fingerprint density at radius 2 is 1.69 bits per heavy atom. The molecule has 146 valence electrons. The lowest BCUT2D eigenvalue weighted by Crippen LogP contribution is -2.14. The summed E-state index contributed by atoms with van der Waals surface area (Å²) < 4.78 is 1.35. The number of hydrogen-bond donors (Lipinski definition) is 2. The summed E-state index contributed by atoms with van der Waals surface area (Å²) in [6.45, 7) is 3.82. The summed E-state index contributed by atoms with van der Waals surface area (Å²) in [4.78, 5) is 20.2. The highest BCUT2D eigenvalue weighted by Gasteiger charge is 2.12. The van der Waals surface area contributed by atoms with E-state index in [0.29, 0.717) is 37.1 Å². The van der Waals surface area contributed by atoms with Crippen LogP contribution >= 0.6 is 0 Å². The molecule has 2 aromatic carbocycles. The standard InChI is InChI=1S/C21H21N7O/c1-15-7-9-17(10-8-15)13-23-20-25-21-24-18(11-19(27-29)28(21)26-20)14-22-12-16-5-3-2-4-6-16/h2-11,22H,12-14H2,1H3,(H,23,26). The average Bonchev–Trinajstić information content (AvgIpc) is 3.16. The second-order valence-electron chi connectivity index (χ2n) is 6.77. The summed E-state index contributed by atoms with van der Waals surface area (Å²) in [5.41, 5.74) is 4.17. The monoisotopic (exact) mass is 387 g/mol. The maximum atomic E-state index is 11.3. The fraction of sp³-hybridized carbons (Fsp3) is 0.190. The highest BCUT2D eigenvalue weighted by Crippen LogP contribution is 2.17. The molecule has 2 aromatic heterocycles. The van der Waals surface area contributed by atoms with Gasteiger partial charge in [-0.25, -0.2) is 4.98 Å². The first kappa shape index (κ1) is 18.7. The van der Waals surface area contributed by atoms with Gasteiger partial charge in [0.15, 0.2) is 0 Å². The molecule has 0 spiro atoms. The van der Waals surface area contributed by atoms with E-state index in [4.69, 9.17) is 0 Å². The second kappa shape index (κ2) is 8.57. The molecule has 0 unspecified atom stereocenters. The fourth-order valence-electron chi connectivity index (χ4n) is 2.95. The van der Waals surface area contributed by atoms with Crippen LogP contribution in [0.15, 0.2) is 65.8 Å². The van der Waals surface area contributed by atoms with E-state index in [1.807, 2.05) is 49.4 Å². The van der Waals surface area contributed by atoms with E-state index in [1.165, 1.54) is 15.6 Å². The molecule has 0 aliphatic carbocycles. The molecule has 0 bridgehead atoms. The summed E-state index contributed by atoms with van der Waals surface area (Å²) in [7, 11) is 0. The number of nitrogens with one attached hydrogen (secondary N) is 2. The molecule has 0 atom stereocenters. The normalized spacial score (nSPS) is 10.9. The lowest BCUT2D eigenvalue weighted by Gasteiger charge is -2.05. The largest absolute Gasteiger partial charge is 0.349 e. The Morgan fingerprint density at radius 1 is 0.931 bits per heavy atom. The highest BCUT2D eigenvalue weighted by atomic mass is 16.3. The summed E-state index contributed by atoms with van der Waals surface area (Å²) >= 11 is 0. The molecule has 0 saturated carbocycles. The zero-order valence-electron chi connectivity index (χ0n) is 16.0. The van der Waals surface area contributed by atoms with Gasteiger partial charge in [-0.2, -0.15) is 9.50 Å². The minimum absolute atomic E-state index is 0.169. The lowest BCUT2D eigenvalue weighted by atomic mass is 10.1. The number of benzene rings is 2. The molecule has 2 heterocycles. The van der Waals surface area contributed by atoms with E-state index in [9.17, 15) is 4.91 Å². The van der Waals surface area contributed by atoms with E-state index < -0.39 is 0 Å². The predicted molar refractivity (Wildman–Crippen MR) is 112 cm³/mol. The van der Waals surface area contributed by atoms with Crippen LogP contribution in [-0.2, 0) is 19.6 Å². The first-order chi connectivity index (χ1) is 14.2. The van der Waals surface area contributed by atoms with Crippen molar-refractivity contribution in [1.82, 2.24) is 24.9 Å². The van der Waals surface area contributed by atoms with Crippen molar-refractivity contribution in [3.05, 3.63) is 88.0 Å². The van der Waals surface area contributed by atoms with Gasteiger partial charge >= 0.3 is 0 Å². The SMILES string of the molecule is Cc1ccc(CNc2nc3nc(CNCc4ccccc4)cc(N=O)n3n2)cc1. The lowest BCUT2D eigenvalue weighted by molar-refractivity contribution is 0.678. The van der Waals surface area contributed by atoms with E-state index >= 15 is 0 Å². The van der Waals surface area contributed by atoms with Gasteiger partial charge in [-0.15, -0.1) is 10.0 Å². The van der Waals surface area contributed by atoms with Crippen molar-refractivity contribution in [2.75, 3.05) is 5.32 Å². The molecule has 8 heteroatoms. The maximum Gasteiger partial charge on any atom is 0.256 e. The Morgan fingerprint density at radius 3 is 2.45 bits per heavy atom. The number of aromatic nitrogens is 4. The number of nitrogens with zero attached hydrogens (tertiary/aromatic N) is 5. The third-order valence-corrected chi connectivity index (χ3v) is 4.49. The highest BCUT2D eigenvalue weighted by molar-refractivity contribution is 5.45. The van der Waals surface area contributed by atoms with Crippen LogP contribution in [0.5, 0.6) is 0 Å². The third kappa shape index (κ3) is 4.61. The van der Waals surface area contributed by atoms with Gasteiger partial charge in [-0.05, 0) is 23.2 Å². The average molecular weight is 387 g/mol. The van der Waals surface area contributed by atoms with Gasteiger partial charge in [0.25, 0.3) is 5.78 Å². The van der Waals surface area contributed by atoms with Gasteiger partial charge in [0.2, 0.25) is 11.8 Å². The van der Waals surface area contributed by atoms with Crippen molar-refractivity contribution in [2.24, 2.45) is 5.18 Å². The van der Waals surface area contributed by atoms with Crippen LogP contribution in [0.4, 0.5) is 11.8 Å². The summed E-state index contributed by atoms with van der Waals surface area (Å²) in [6, 6.07) is 19.9. The van der Waals surface area contributed by atoms with Gasteiger partial charge in [-0.3, -0.25) is 0 Å². The van der Waals surface area contributed by atoms with Crippen LogP contribution in [0.3, 0.4) is 0 Å². The van der Waals surface area contributed by atoms with Crippen molar-refractivity contribution in [3.63, 3.8) is 0 Å². The van der Waals surface area contributed by atoms with Crippen molar-refractivity contribution < 1.29 is 0 Å². The predicted octanol–water partition coefficient (Wildman–Crippen LogP) is 3.73. The van der Waals surface area contributed by atoms with Crippen LogP contribution in [0.1, 0.15) is 22.4 Å². The molecule has 4 aromatic rings. The molecule has 2 N–H and O–H groups in total. The Labute approximate surface area is 168 Å². The van der Waals surface area contributed by atoms with Crippen LogP contribution in [0.25, 0.3) is 5.78 Å². The smallest absolute Gasteiger partial charge is 0.256 e. The molecular formula is C21H21N7O. The summed E-state index contributed by atoms with van der Waals surface area (Å²) in [5.74, 6) is 0.907. The van der Waals surface area contributed by atoms with Gasteiger partial charge in [0.1, 0.15) is 0 Å². The molecular weight excluding hydrogens is 366 g/mol. The molecule has 0 aliphatic heterocycles. The third-order valence-electron chi connectivity index (χ3n) is 4.49. The van der Waals surface area contributed by atoms with Crippen molar-refractivity contribution in [2.45, 2.75) is 26.6 Å². The second-order valence-corrected chi connectivity index (χ2v) is 6.77. The topological polar surface area (TPSA) is 96.6 Å². The van der Waals surface area contributed by atoms with Crippen LogP contribution < -0.4 is 10.6 Å². The number of fused-ring (bicyclic) bond motifs is 1. The Kier molecular flexibility index (Phi) is 5.53. The number of aryl methyl sites for hydroxylation is 1. The molecule has 0 fully saturated rings. The van der Waals surface area contributed by atoms with E-state index in [0.717, 1.165) is 5.56 Å². The number of hydrogen-bond acceptors (Lipinski definition) is 7. The van der Waals surface area contributed by atoms with Gasteiger partial charge in [0.05, 0.1) is 5.69 Å². The van der Waals surface area contributed by atoms with E-state index in [2.05, 4.69) is 43.0 Å². The molecule has 0 radical (unpaired) electrons. The van der Waals surface area contributed by atoms with Crippen LogP contribution in [0, 0.1) is 11.8 Å². The zero-order valence-corrected chi connectivity index (χ0v) is 16.0. The van der Waals surface area contributed by atoms with E-state index in [1.54, 1.807) is 6.07 Å². The molecule has 0 saturated heterocycles. The first-order valence-electron chi connectivity index (χ1n) is 9.35. The van der Waals surface area contributed by atoms with Crippen molar-refractivity contribution in [3.8, 4) is 0 Å². The minimum atomic E-state index is 0.169. The molecule has 8 nitrogen and oxygen atoms in total. The number of nitroso groups, excluding NO2 is 1. The minimum Gasteiger partial charge on any atom is -0.349 e. The summed E-state index contributed by atoms with van der Waals surface area (Å²) in [5, 5.41) is 13.9. The number of anilines is 1. The number of rotatable bonds is 8. The first-order valence-corrected chi connectivity index (χ1v) is 9.35. The molecule has 0 amide bonds. The Bertz CT molecular complexity index is 1110. The maximum absolute atomic E-state index is 11.3. The van der Waals surface area contributed by atoms with Gasteiger partial charge < -0.3 is 10.6 Å². The fourth-order valence-corrected chi connectivity index (χ4v) is 2.95. The van der Waals surface area contributed by atoms with Crippen LogP contribution in [0.2, 0.25) is 0 Å². The van der Waals surface area contributed by atoms with Crippen LogP contribution in [-0.4, -0.2) is 19.6 Å². The van der Waals surface area contributed by atoms with Gasteiger partial charge in [0, 0.05) is 25.7 Å². The van der Waals surface area contributed by atoms with Gasteiger partial charge in [-0.1, -0.05) is 60.2 Å². The molecule has 4 rings (SSSR count). The quantitative estimate of drug-likeness (QED) is 0.447. The Balaban J connectivity index is 1.46. The molecule has 0 aliphatic rings. The zero-order chi connectivity index (χ0) is 20.1. The molecule has 29 heavy (non-hydrogen) atoms.